The molecule has 0 unspecified atom stereocenters. The van der Waals surface area contributed by atoms with Gasteiger partial charge in [0, 0.05) is 5.69 Å². The highest BCUT2D eigenvalue weighted by Crippen LogP contribution is 2.20. The fraction of sp³-hybridized carbons (Fsp3) is 0.417. The van der Waals surface area contributed by atoms with E-state index in [1.807, 2.05) is 20.8 Å². The van der Waals surface area contributed by atoms with E-state index in [-0.39, 0.29) is 6.54 Å². The van der Waals surface area contributed by atoms with Gasteiger partial charge in [-0.2, -0.15) is 0 Å². The molecule has 0 spiro atoms. The van der Waals surface area contributed by atoms with Crippen molar-refractivity contribution in [3.8, 4) is 0 Å². The molecule has 0 bridgehead atoms. The number of carboxylic acid groups (broad SMARTS) is 1. The Morgan fingerprint density at radius 1 is 1.35 bits per heavy atom. The Labute approximate surface area is 101 Å². The van der Waals surface area contributed by atoms with Crippen LogP contribution in [-0.2, 0) is 9.63 Å². The predicted octanol–water partition coefficient (Wildman–Crippen LogP) is 1.89. The highest BCUT2D eigenvalue weighted by atomic mass is 16.7. The summed E-state index contributed by atoms with van der Waals surface area (Å²) in [6, 6.07) is 6.86. The lowest BCUT2D eigenvalue weighted by atomic mass is 10.2. The zero-order chi connectivity index (χ0) is 13.1. The Balaban J connectivity index is 2.89. The van der Waals surface area contributed by atoms with Crippen LogP contribution in [-0.4, -0.2) is 23.2 Å². The predicted molar refractivity (Wildman–Crippen MR) is 66.7 cm³/mol. The first-order valence-corrected chi connectivity index (χ1v) is 5.32. The van der Waals surface area contributed by atoms with Gasteiger partial charge in [0.2, 0.25) is 0 Å². The van der Waals surface area contributed by atoms with Crippen molar-refractivity contribution < 1.29 is 14.7 Å². The molecule has 1 rings (SSSR count). The molecule has 5 nitrogen and oxygen atoms in total. The van der Waals surface area contributed by atoms with Gasteiger partial charge in [-0.15, -0.1) is 0 Å². The molecule has 1 aromatic rings. The van der Waals surface area contributed by atoms with Gasteiger partial charge in [0.25, 0.3) is 0 Å². The van der Waals surface area contributed by atoms with E-state index in [1.165, 1.54) is 5.06 Å². The second-order valence-electron chi connectivity index (χ2n) is 4.73. The molecule has 0 amide bonds. The average Bonchev–Trinajstić information content (AvgIpc) is 2.14. The molecular formula is C12H18N2O3. The molecule has 0 radical (unpaired) electrons. The lowest BCUT2D eigenvalue weighted by molar-refractivity contribution is -0.138. The Kier molecular flexibility index (Phi) is 3.96. The highest BCUT2D eigenvalue weighted by molar-refractivity contribution is 5.73. The normalized spacial score (nSPS) is 11.2. The molecule has 0 aromatic heterocycles. The summed E-state index contributed by atoms with van der Waals surface area (Å²) >= 11 is 0. The van der Waals surface area contributed by atoms with Gasteiger partial charge in [-0.1, -0.05) is 0 Å². The van der Waals surface area contributed by atoms with E-state index in [4.69, 9.17) is 15.7 Å². The minimum Gasteiger partial charge on any atom is -0.480 e. The van der Waals surface area contributed by atoms with Crippen LogP contribution in [0.3, 0.4) is 0 Å². The monoisotopic (exact) mass is 238 g/mol. The molecule has 0 saturated heterocycles. The quantitative estimate of drug-likeness (QED) is 0.619. The maximum atomic E-state index is 10.8. The van der Waals surface area contributed by atoms with Crippen molar-refractivity contribution in [2.45, 2.75) is 26.4 Å². The molecule has 0 aliphatic rings. The lowest BCUT2D eigenvalue weighted by Gasteiger charge is -2.30. The molecule has 17 heavy (non-hydrogen) atoms. The van der Waals surface area contributed by atoms with E-state index in [2.05, 4.69) is 0 Å². The fourth-order valence-corrected chi connectivity index (χ4v) is 1.27. The Bertz CT molecular complexity index is 382. The molecular weight excluding hydrogens is 220 g/mol. The van der Waals surface area contributed by atoms with Crippen LogP contribution in [0, 0.1) is 0 Å². The number of carboxylic acids is 1. The third kappa shape index (κ3) is 4.74. The van der Waals surface area contributed by atoms with Gasteiger partial charge in [-0.05, 0) is 45.0 Å². The van der Waals surface area contributed by atoms with Gasteiger partial charge < -0.3 is 10.8 Å². The molecule has 0 saturated carbocycles. The van der Waals surface area contributed by atoms with E-state index >= 15 is 0 Å². The largest absolute Gasteiger partial charge is 0.480 e. The molecule has 0 aliphatic carbocycles. The minimum absolute atomic E-state index is 0.221. The SMILES string of the molecule is CC(C)(C)ON(CC(=O)O)c1ccc(N)cc1. The fourth-order valence-electron chi connectivity index (χ4n) is 1.27. The number of aliphatic carboxylic acids is 1. The Hall–Kier alpha value is -1.75. The third-order valence-corrected chi connectivity index (χ3v) is 1.84. The van der Waals surface area contributed by atoms with Gasteiger partial charge in [0.1, 0.15) is 6.54 Å². The van der Waals surface area contributed by atoms with Crippen LogP contribution in [0.2, 0.25) is 0 Å². The highest BCUT2D eigenvalue weighted by Gasteiger charge is 2.19. The van der Waals surface area contributed by atoms with Crippen molar-refractivity contribution in [1.82, 2.24) is 0 Å². The van der Waals surface area contributed by atoms with Crippen LogP contribution in [0.5, 0.6) is 0 Å². The van der Waals surface area contributed by atoms with Crippen LogP contribution in [0.15, 0.2) is 24.3 Å². The van der Waals surface area contributed by atoms with Gasteiger partial charge >= 0.3 is 5.97 Å². The number of rotatable bonds is 4. The third-order valence-electron chi connectivity index (χ3n) is 1.84. The number of anilines is 2. The molecule has 0 atom stereocenters. The first kappa shape index (κ1) is 13.3. The smallest absolute Gasteiger partial charge is 0.325 e. The van der Waals surface area contributed by atoms with Crippen LogP contribution in [0.4, 0.5) is 11.4 Å². The number of hydroxylamine groups is 1. The molecule has 3 N–H and O–H groups in total. The summed E-state index contributed by atoms with van der Waals surface area (Å²) in [5.41, 5.74) is 6.41. The molecule has 0 aliphatic heterocycles. The summed E-state index contributed by atoms with van der Waals surface area (Å²) in [6.45, 7) is 5.36. The van der Waals surface area contributed by atoms with Crippen LogP contribution in [0.1, 0.15) is 20.8 Å². The number of nitrogens with two attached hydrogens (primary N) is 1. The zero-order valence-electron chi connectivity index (χ0n) is 10.3. The number of benzene rings is 1. The number of carbonyl (C=O) groups is 1. The maximum absolute atomic E-state index is 10.8. The summed E-state index contributed by atoms with van der Waals surface area (Å²) < 4.78 is 0. The van der Waals surface area contributed by atoms with Crippen molar-refractivity contribution in [2.24, 2.45) is 0 Å². The van der Waals surface area contributed by atoms with Crippen molar-refractivity contribution in [2.75, 3.05) is 17.3 Å². The van der Waals surface area contributed by atoms with Gasteiger partial charge in [0.05, 0.1) is 11.3 Å². The summed E-state index contributed by atoms with van der Waals surface area (Å²) in [5, 5.41) is 10.2. The second kappa shape index (κ2) is 5.05. The summed E-state index contributed by atoms with van der Waals surface area (Å²) in [4.78, 5) is 16.4. The molecule has 1 aromatic carbocycles. The number of nitrogens with zero attached hydrogens (tertiary/aromatic N) is 1. The topological polar surface area (TPSA) is 75.8 Å². The van der Waals surface area contributed by atoms with E-state index in [0.717, 1.165) is 0 Å². The maximum Gasteiger partial charge on any atom is 0.325 e. The minimum atomic E-state index is -0.953. The number of nitrogen functional groups attached to an aromatic ring is 1. The zero-order valence-corrected chi connectivity index (χ0v) is 10.3. The summed E-state index contributed by atoms with van der Waals surface area (Å²) in [6.07, 6.45) is 0. The van der Waals surface area contributed by atoms with Crippen LogP contribution >= 0.6 is 0 Å². The average molecular weight is 238 g/mol. The standard InChI is InChI=1S/C12H18N2O3/c1-12(2,3)17-14(8-11(15)16)10-6-4-9(13)5-7-10/h4-7H,8,13H2,1-3H3,(H,15,16). The van der Waals surface area contributed by atoms with Crippen LogP contribution < -0.4 is 10.8 Å². The lowest BCUT2D eigenvalue weighted by Crippen LogP contribution is -2.37. The van der Waals surface area contributed by atoms with Gasteiger partial charge in [0.15, 0.2) is 0 Å². The summed E-state index contributed by atoms with van der Waals surface area (Å²) in [5.74, 6) is -0.953. The van der Waals surface area contributed by atoms with Crippen LogP contribution in [0.25, 0.3) is 0 Å². The van der Waals surface area contributed by atoms with E-state index in [9.17, 15) is 4.79 Å². The summed E-state index contributed by atoms with van der Waals surface area (Å²) in [7, 11) is 0. The molecule has 0 fully saturated rings. The molecule has 5 heteroatoms. The molecule has 94 valence electrons. The number of hydrogen-bond acceptors (Lipinski definition) is 4. The molecule has 0 heterocycles. The second-order valence-corrected chi connectivity index (χ2v) is 4.73. The first-order valence-electron chi connectivity index (χ1n) is 5.32. The van der Waals surface area contributed by atoms with Gasteiger partial charge in [-0.25, -0.2) is 5.06 Å². The Morgan fingerprint density at radius 2 is 1.88 bits per heavy atom. The first-order chi connectivity index (χ1) is 7.78. The van der Waals surface area contributed by atoms with Crippen molar-refractivity contribution in [1.29, 1.82) is 0 Å². The van der Waals surface area contributed by atoms with Crippen molar-refractivity contribution in [3.63, 3.8) is 0 Å². The van der Waals surface area contributed by atoms with Crippen molar-refractivity contribution in [3.05, 3.63) is 24.3 Å². The van der Waals surface area contributed by atoms with Gasteiger partial charge in [-0.3, -0.25) is 9.63 Å². The number of hydrogen-bond donors (Lipinski definition) is 2. The van der Waals surface area contributed by atoms with E-state index in [0.29, 0.717) is 11.4 Å². The van der Waals surface area contributed by atoms with E-state index in [1.54, 1.807) is 24.3 Å². The Morgan fingerprint density at radius 3 is 2.29 bits per heavy atom. The van der Waals surface area contributed by atoms with E-state index < -0.39 is 11.6 Å². The van der Waals surface area contributed by atoms with Crippen molar-refractivity contribution >= 4 is 17.3 Å².